The molecule has 0 N–H and O–H groups in total. The van der Waals surface area contributed by atoms with Crippen molar-refractivity contribution in [3.05, 3.63) is 17.0 Å². The number of hydrogen-bond donors (Lipinski definition) is 0. The zero-order valence-electron chi connectivity index (χ0n) is 11.4. The van der Waals surface area contributed by atoms with Gasteiger partial charge in [0.25, 0.3) is 5.78 Å². The zero-order valence-corrected chi connectivity index (χ0v) is 12.2. The number of halogens is 1. The molecule has 0 fully saturated rings. The molecule has 2 aromatic heterocycles. The van der Waals surface area contributed by atoms with Crippen molar-refractivity contribution in [2.45, 2.75) is 39.7 Å². The van der Waals surface area contributed by atoms with E-state index in [0.29, 0.717) is 10.9 Å². The molecule has 0 atom stereocenters. The Balaban J connectivity index is 2.69. The van der Waals surface area contributed by atoms with Crippen molar-refractivity contribution in [1.82, 2.24) is 19.6 Å². The van der Waals surface area contributed by atoms with E-state index < -0.39 is 0 Å². The third kappa shape index (κ3) is 1.92. The van der Waals surface area contributed by atoms with Crippen molar-refractivity contribution in [2.24, 2.45) is 0 Å². The Morgan fingerprint density at radius 3 is 2.72 bits per heavy atom. The summed E-state index contributed by atoms with van der Waals surface area (Å²) < 4.78 is 1.73. The lowest BCUT2D eigenvalue weighted by Crippen LogP contribution is -2.42. The second-order valence-electron chi connectivity index (χ2n) is 5.05. The Bertz CT molecular complexity index is 575. The number of aromatic nitrogens is 4. The van der Waals surface area contributed by atoms with E-state index in [1.54, 1.807) is 4.52 Å². The summed E-state index contributed by atoms with van der Waals surface area (Å²) in [7, 11) is 2.04. The molecule has 2 heterocycles. The molecule has 0 bridgehead atoms. The van der Waals surface area contributed by atoms with Gasteiger partial charge in [0.05, 0.1) is 0 Å². The van der Waals surface area contributed by atoms with E-state index in [4.69, 9.17) is 11.6 Å². The van der Waals surface area contributed by atoms with Crippen LogP contribution in [0.3, 0.4) is 0 Å². The minimum Gasteiger partial charge on any atom is -0.354 e. The summed E-state index contributed by atoms with van der Waals surface area (Å²) >= 11 is 6.17. The number of fused-ring (bicyclic) bond motifs is 1. The molecule has 0 radical (unpaired) electrons. The summed E-state index contributed by atoms with van der Waals surface area (Å²) in [5, 5.41) is 4.71. The first kappa shape index (κ1) is 13.1. The molecule has 0 unspecified atom stereocenters. The van der Waals surface area contributed by atoms with Crippen molar-refractivity contribution >= 4 is 23.2 Å². The van der Waals surface area contributed by atoms with Gasteiger partial charge in [0, 0.05) is 18.2 Å². The molecule has 0 spiro atoms. The average molecular weight is 268 g/mol. The maximum absolute atomic E-state index is 6.17. The molecule has 0 aliphatic rings. The number of hydrogen-bond acceptors (Lipinski definition) is 4. The highest BCUT2D eigenvalue weighted by atomic mass is 35.5. The fourth-order valence-corrected chi connectivity index (χ4v) is 1.96. The molecule has 18 heavy (non-hydrogen) atoms. The predicted octanol–water partition coefficient (Wildman–Crippen LogP) is 2.71. The van der Waals surface area contributed by atoms with Gasteiger partial charge in [-0.3, -0.25) is 0 Å². The van der Waals surface area contributed by atoms with Crippen LogP contribution in [0.5, 0.6) is 0 Å². The molecule has 2 rings (SSSR count). The molecule has 0 aliphatic carbocycles. The Kier molecular flexibility index (Phi) is 3.19. The van der Waals surface area contributed by atoms with Crippen LogP contribution in [0, 0.1) is 6.92 Å². The molecular formula is C12H18ClN5. The minimum atomic E-state index is 0.00826. The molecular weight excluding hydrogens is 250 g/mol. The van der Waals surface area contributed by atoms with E-state index >= 15 is 0 Å². The maximum atomic E-state index is 6.17. The van der Waals surface area contributed by atoms with Crippen LogP contribution in [-0.4, -0.2) is 32.2 Å². The van der Waals surface area contributed by atoms with Gasteiger partial charge in [-0.2, -0.15) is 19.6 Å². The fraction of sp³-hybridized carbons (Fsp3) is 0.583. The normalized spacial score (nSPS) is 12.1. The van der Waals surface area contributed by atoms with Crippen molar-refractivity contribution in [3.63, 3.8) is 0 Å². The van der Waals surface area contributed by atoms with Crippen LogP contribution < -0.4 is 4.90 Å². The highest BCUT2D eigenvalue weighted by molar-refractivity contribution is 6.30. The molecule has 5 nitrogen and oxygen atoms in total. The second kappa shape index (κ2) is 4.39. The quantitative estimate of drug-likeness (QED) is 0.802. The van der Waals surface area contributed by atoms with E-state index in [0.717, 1.165) is 17.8 Å². The Labute approximate surface area is 112 Å². The van der Waals surface area contributed by atoms with Crippen LogP contribution in [0.2, 0.25) is 5.15 Å². The standard InChI is InChI=1S/C12H18ClN5/c1-6-12(3,4)17(5)10-8(2)9(13)16-11-14-7-15-18(10)11/h7H,6H2,1-5H3. The van der Waals surface area contributed by atoms with Gasteiger partial charge in [-0.1, -0.05) is 18.5 Å². The van der Waals surface area contributed by atoms with Gasteiger partial charge in [-0.05, 0) is 27.2 Å². The molecule has 0 amide bonds. The van der Waals surface area contributed by atoms with Gasteiger partial charge in [0.1, 0.15) is 17.3 Å². The minimum absolute atomic E-state index is 0.00826. The van der Waals surface area contributed by atoms with Gasteiger partial charge < -0.3 is 4.90 Å². The van der Waals surface area contributed by atoms with E-state index in [9.17, 15) is 0 Å². The number of nitrogens with zero attached hydrogens (tertiary/aromatic N) is 5. The van der Waals surface area contributed by atoms with Crippen LogP contribution in [0.1, 0.15) is 32.8 Å². The topological polar surface area (TPSA) is 46.3 Å². The van der Waals surface area contributed by atoms with Crippen LogP contribution >= 0.6 is 11.6 Å². The lowest BCUT2D eigenvalue weighted by molar-refractivity contribution is 0.463. The number of rotatable bonds is 3. The SMILES string of the molecule is CCC(C)(C)N(C)c1c(C)c(Cl)nc2ncnn12. The Morgan fingerprint density at radius 2 is 2.11 bits per heavy atom. The first-order valence-corrected chi connectivity index (χ1v) is 6.36. The van der Waals surface area contributed by atoms with Gasteiger partial charge in [-0.15, -0.1) is 0 Å². The highest BCUT2D eigenvalue weighted by Gasteiger charge is 2.26. The summed E-state index contributed by atoms with van der Waals surface area (Å²) in [6.07, 6.45) is 2.51. The largest absolute Gasteiger partial charge is 0.354 e. The summed E-state index contributed by atoms with van der Waals surface area (Å²) in [5.41, 5.74) is 0.924. The highest BCUT2D eigenvalue weighted by Crippen LogP contribution is 2.30. The summed E-state index contributed by atoms with van der Waals surface area (Å²) in [5.74, 6) is 1.47. The van der Waals surface area contributed by atoms with Crippen molar-refractivity contribution in [3.8, 4) is 0 Å². The van der Waals surface area contributed by atoms with Crippen LogP contribution in [-0.2, 0) is 0 Å². The first-order valence-electron chi connectivity index (χ1n) is 5.98. The lowest BCUT2D eigenvalue weighted by atomic mass is 9.99. The van der Waals surface area contributed by atoms with Crippen LogP contribution in [0.25, 0.3) is 5.78 Å². The predicted molar refractivity (Wildman–Crippen MR) is 73.3 cm³/mol. The monoisotopic (exact) mass is 267 g/mol. The van der Waals surface area contributed by atoms with E-state index in [2.05, 4.69) is 40.7 Å². The summed E-state index contributed by atoms with van der Waals surface area (Å²) in [4.78, 5) is 10.5. The third-order valence-corrected chi connectivity index (χ3v) is 4.03. The van der Waals surface area contributed by atoms with Crippen molar-refractivity contribution in [1.29, 1.82) is 0 Å². The molecule has 0 saturated carbocycles. The smallest absolute Gasteiger partial charge is 0.255 e. The lowest BCUT2D eigenvalue weighted by Gasteiger charge is -2.37. The average Bonchev–Trinajstić information content (AvgIpc) is 2.77. The Hall–Kier alpha value is -1.36. The fourth-order valence-electron chi connectivity index (χ4n) is 1.80. The molecule has 0 aliphatic heterocycles. The molecule has 6 heteroatoms. The van der Waals surface area contributed by atoms with Crippen LogP contribution in [0.15, 0.2) is 6.33 Å². The van der Waals surface area contributed by atoms with Crippen molar-refractivity contribution < 1.29 is 0 Å². The zero-order chi connectivity index (χ0) is 13.5. The summed E-state index contributed by atoms with van der Waals surface area (Å²) in [6.45, 7) is 8.48. The molecule has 0 aromatic carbocycles. The molecule has 98 valence electrons. The summed E-state index contributed by atoms with van der Waals surface area (Å²) in [6, 6.07) is 0. The molecule has 2 aromatic rings. The Morgan fingerprint density at radius 1 is 1.44 bits per heavy atom. The van der Waals surface area contributed by atoms with E-state index in [1.807, 2.05) is 14.0 Å². The van der Waals surface area contributed by atoms with Gasteiger partial charge in [0.15, 0.2) is 0 Å². The van der Waals surface area contributed by atoms with E-state index in [1.165, 1.54) is 6.33 Å². The maximum Gasteiger partial charge on any atom is 0.255 e. The van der Waals surface area contributed by atoms with Gasteiger partial charge in [0.2, 0.25) is 0 Å². The van der Waals surface area contributed by atoms with Gasteiger partial charge >= 0.3 is 0 Å². The van der Waals surface area contributed by atoms with Crippen molar-refractivity contribution in [2.75, 3.05) is 11.9 Å². The van der Waals surface area contributed by atoms with E-state index in [-0.39, 0.29) is 5.54 Å². The number of anilines is 1. The second-order valence-corrected chi connectivity index (χ2v) is 5.41. The van der Waals surface area contributed by atoms with Crippen LogP contribution in [0.4, 0.5) is 5.82 Å². The van der Waals surface area contributed by atoms with Gasteiger partial charge in [-0.25, -0.2) is 0 Å². The molecule has 0 saturated heterocycles. The third-order valence-electron chi connectivity index (χ3n) is 3.66. The first-order chi connectivity index (χ1) is 8.38.